The molecule has 21 heavy (non-hydrogen) atoms. The smallest absolute Gasteiger partial charge is 0.261 e. The molecule has 1 aromatic carbocycles. The molecule has 7 heteroatoms. The normalized spacial score (nSPS) is 18.0. The molecular weight excluding hydrogens is 276 g/mol. The minimum atomic E-state index is -1.02. The molecule has 1 saturated heterocycles. The number of phenolic OH excluding ortho intramolecular Hbond substituents is 1. The molecule has 0 saturated carbocycles. The van der Waals surface area contributed by atoms with Crippen LogP contribution < -0.4 is 5.32 Å². The average Bonchev–Trinajstić information content (AvgIpc) is 2.44. The van der Waals surface area contributed by atoms with Crippen LogP contribution in [-0.2, 0) is 14.4 Å². The minimum Gasteiger partial charge on any atom is -0.508 e. The van der Waals surface area contributed by atoms with Crippen molar-refractivity contribution in [2.24, 2.45) is 0 Å². The van der Waals surface area contributed by atoms with Gasteiger partial charge in [0, 0.05) is 12.0 Å². The van der Waals surface area contributed by atoms with Gasteiger partial charge in [-0.05, 0) is 31.0 Å². The molecule has 0 bridgehead atoms. The number of hydrogen-bond donors (Lipinski definition) is 2. The Morgan fingerprint density at radius 1 is 1.43 bits per heavy atom. The SMILES string of the molecule is Cc1ccc(O)cc1C(=O)N(C=O)C1CCC(=O)NC1=O. The molecule has 0 aliphatic carbocycles. The van der Waals surface area contributed by atoms with Crippen molar-refractivity contribution in [3.8, 4) is 5.75 Å². The van der Waals surface area contributed by atoms with Crippen molar-refractivity contribution in [1.29, 1.82) is 0 Å². The fraction of sp³-hybridized carbons (Fsp3) is 0.286. The largest absolute Gasteiger partial charge is 0.508 e. The van der Waals surface area contributed by atoms with E-state index in [2.05, 4.69) is 5.32 Å². The van der Waals surface area contributed by atoms with Gasteiger partial charge in [-0.3, -0.25) is 29.4 Å². The van der Waals surface area contributed by atoms with Gasteiger partial charge in [0.05, 0.1) is 0 Å². The van der Waals surface area contributed by atoms with Gasteiger partial charge in [-0.25, -0.2) is 0 Å². The first-order valence-electron chi connectivity index (χ1n) is 6.35. The van der Waals surface area contributed by atoms with Crippen LogP contribution in [0, 0.1) is 6.92 Å². The van der Waals surface area contributed by atoms with E-state index in [4.69, 9.17) is 0 Å². The number of hydrogen-bond acceptors (Lipinski definition) is 5. The van der Waals surface area contributed by atoms with Gasteiger partial charge in [0.25, 0.3) is 5.91 Å². The maximum absolute atomic E-state index is 12.4. The number of aryl methyl sites for hydroxylation is 1. The van der Waals surface area contributed by atoms with Gasteiger partial charge in [0.2, 0.25) is 18.2 Å². The number of carbonyl (C=O) groups is 4. The van der Waals surface area contributed by atoms with Gasteiger partial charge in [-0.2, -0.15) is 0 Å². The van der Waals surface area contributed by atoms with Crippen molar-refractivity contribution < 1.29 is 24.3 Å². The van der Waals surface area contributed by atoms with E-state index >= 15 is 0 Å². The third kappa shape index (κ3) is 2.91. The topological polar surface area (TPSA) is 104 Å². The van der Waals surface area contributed by atoms with Crippen molar-refractivity contribution in [3.05, 3.63) is 29.3 Å². The Hall–Kier alpha value is -2.70. The van der Waals surface area contributed by atoms with Crippen LogP contribution in [0.25, 0.3) is 0 Å². The highest BCUT2D eigenvalue weighted by molar-refractivity contribution is 6.07. The lowest BCUT2D eigenvalue weighted by atomic mass is 10.0. The van der Waals surface area contributed by atoms with Crippen LogP contribution in [0.1, 0.15) is 28.8 Å². The van der Waals surface area contributed by atoms with Gasteiger partial charge in [0.1, 0.15) is 11.8 Å². The van der Waals surface area contributed by atoms with Crippen molar-refractivity contribution in [2.75, 3.05) is 0 Å². The third-order valence-corrected chi connectivity index (χ3v) is 3.35. The zero-order valence-corrected chi connectivity index (χ0v) is 11.3. The van der Waals surface area contributed by atoms with Gasteiger partial charge in [-0.15, -0.1) is 0 Å². The molecule has 0 spiro atoms. The van der Waals surface area contributed by atoms with Crippen molar-refractivity contribution in [2.45, 2.75) is 25.8 Å². The number of rotatable bonds is 3. The van der Waals surface area contributed by atoms with Gasteiger partial charge in [-0.1, -0.05) is 6.07 Å². The fourth-order valence-electron chi connectivity index (χ4n) is 2.19. The number of nitrogens with zero attached hydrogens (tertiary/aromatic N) is 1. The molecule has 1 aliphatic rings. The minimum absolute atomic E-state index is 0.0625. The van der Waals surface area contributed by atoms with Gasteiger partial charge >= 0.3 is 0 Å². The maximum atomic E-state index is 12.4. The first-order valence-corrected chi connectivity index (χ1v) is 6.35. The van der Waals surface area contributed by atoms with Crippen LogP contribution in [0.4, 0.5) is 0 Å². The zero-order valence-electron chi connectivity index (χ0n) is 11.3. The number of carbonyl (C=O) groups excluding carboxylic acids is 4. The summed E-state index contributed by atoms with van der Waals surface area (Å²) >= 11 is 0. The first-order chi connectivity index (χ1) is 9.93. The number of piperidine rings is 1. The number of benzene rings is 1. The molecule has 1 atom stereocenters. The number of imide groups is 2. The molecule has 1 aromatic rings. The predicted molar refractivity (Wildman–Crippen MR) is 71.2 cm³/mol. The van der Waals surface area contributed by atoms with Crippen LogP contribution in [0.3, 0.4) is 0 Å². The highest BCUT2D eigenvalue weighted by Gasteiger charge is 2.35. The molecule has 1 fully saturated rings. The second-order valence-corrected chi connectivity index (χ2v) is 4.78. The van der Waals surface area contributed by atoms with Crippen molar-refractivity contribution in [1.82, 2.24) is 10.2 Å². The molecule has 0 radical (unpaired) electrons. The number of amides is 4. The van der Waals surface area contributed by atoms with E-state index in [0.717, 1.165) is 4.90 Å². The van der Waals surface area contributed by atoms with E-state index in [1.165, 1.54) is 18.2 Å². The molecule has 4 amide bonds. The van der Waals surface area contributed by atoms with E-state index < -0.39 is 23.8 Å². The predicted octanol–water partition coefficient (Wildman–Crippen LogP) is 0.104. The monoisotopic (exact) mass is 290 g/mol. The van der Waals surface area contributed by atoms with Crippen LogP contribution in [0.2, 0.25) is 0 Å². The second kappa shape index (κ2) is 5.74. The Labute approximate surface area is 120 Å². The summed E-state index contributed by atoms with van der Waals surface area (Å²) in [5, 5.41) is 11.6. The molecule has 2 rings (SSSR count). The van der Waals surface area contributed by atoms with Crippen LogP contribution in [0.5, 0.6) is 5.75 Å². The second-order valence-electron chi connectivity index (χ2n) is 4.78. The van der Waals surface area contributed by atoms with Crippen LogP contribution >= 0.6 is 0 Å². The zero-order chi connectivity index (χ0) is 15.6. The molecule has 1 heterocycles. The Bertz CT molecular complexity index is 626. The molecule has 1 aliphatic heterocycles. The Balaban J connectivity index is 2.30. The van der Waals surface area contributed by atoms with Crippen molar-refractivity contribution in [3.63, 3.8) is 0 Å². The standard InChI is InChI=1S/C14H14N2O5/c1-8-2-3-9(18)6-10(8)14(21)16(7-17)11-4-5-12(19)15-13(11)20/h2-3,6-7,11,18H,4-5H2,1H3,(H,15,19,20). The summed E-state index contributed by atoms with van der Waals surface area (Å²) in [6, 6.07) is 3.17. The summed E-state index contributed by atoms with van der Waals surface area (Å²) < 4.78 is 0. The number of phenols is 1. The van der Waals surface area contributed by atoms with Gasteiger partial charge < -0.3 is 5.11 Å². The van der Waals surface area contributed by atoms with Crippen LogP contribution in [-0.4, -0.2) is 40.2 Å². The molecular formula is C14H14N2O5. The Morgan fingerprint density at radius 2 is 2.14 bits per heavy atom. The van der Waals surface area contributed by atoms with E-state index in [-0.39, 0.29) is 30.6 Å². The van der Waals surface area contributed by atoms with E-state index in [1.807, 2.05) is 0 Å². The quantitative estimate of drug-likeness (QED) is 0.607. The summed E-state index contributed by atoms with van der Waals surface area (Å²) in [5.41, 5.74) is 0.698. The summed E-state index contributed by atoms with van der Waals surface area (Å²) in [5.74, 6) is -1.90. The summed E-state index contributed by atoms with van der Waals surface area (Å²) in [6.45, 7) is 1.65. The highest BCUT2D eigenvalue weighted by Crippen LogP contribution is 2.20. The van der Waals surface area contributed by atoms with E-state index in [1.54, 1.807) is 6.92 Å². The van der Waals surface area contributed by atoms with Crippen LogP contribution in [0.15, 0.2) is 18.2 Å². The molecule has 2 N–H and O–H groups in total. The van der Waals surface area contributed by atoms with E-state index in [0.29, 0.717) is 5.56 Å². The highest BCUT2D eigenvalue weighted by atomic mass is 16.3. The number of nitrogens with one attached hydrogen (secondary N) is 1. The lowest BCUT2D eigenvalue weighted by Crippen LogP contribution is -2.53. The Kier molecular flexibility index (Phi) is 4.02. The van der Waals surface area contributed by atoms with E-state index in [9.17, 15) is 24.3 Å². The maximum Gasteiger partial charge on any atom is 0.261 e. The number of aromatic hydroxyl groups is 1. The fourth-order valence-corrected chi connectivity index (χ4v) is 2.19. The lowest BCUT2D eigenvalue weighted by Gasteiger charge is -2.28. The summed E-state index contributed by atoms with van der Waals surface area (Å²) in [6.07, 6.45) is 0.423. The lowest BCUT2D eigenvalue weighted by molar-refractivity contribution is -0.139. The molecule has 110 valence electrons. The summed E-state index contributed by atoms with van der Waals surface area (Å²) in [7, 11) is 0. The van der Waals surface area contributed by atoms with Crippen molar-refractivity contribution >= 4 is 24.1 Å². The molecule has 1 unspecified atom stereocenters. The third-order valence-electron chi connectivity index (χ3n) is 3.35. The molecule has 7 nitrogen and oxygen atoms in total. The summed E-state index contributed by atoms with van der Waals surface area (Å²) in [4.78, 5) is 47.2. The average molecular weight is 290 g/mol. The van der Waals surface area contributed by atoms with Gasteiger partial charge in [0.15, 0.2) is 0 Å². The first kappa shape index (κ1) is 14.7. The molecule has 0 aromatic heterocycles. The Morgan fingerprint density at radius 3 is 2.76 bits per heavy atom.